The lowest BCUT2D eigenvalue weighted by Crippen LogP contribution is -2.45. The van der Waals surface area contributed by atoms with Crippen LogP contribution >= 0.6 is 0 Å². The number of rotatable bonds is 4. The summed E-state index contributed by atoms with van der Waals surface area (Å²) < 4.78 is 12.1. The topological polar surface area (TPSA) is 35.5 Å². The van der Waals surface area contributed by atoms with E-state index in [4.69, 9.17) is 9.47 Å². The molecule has 3 rings (SSSR count). The molecule has 0 aromatic rings. The van der Waals surface area contributed by atoms with E-state index in [2.05, 4.69) is 0 Å². The molecule has 3 aliphatic rings. The van der Waals surface area contributed by atoms with E-state index >= 15 is 0 Å². The predicted octanol–water partition coefficient (Wildman–Crippen LogP) is 3.46. The van der Waals surface area contributed by atoms with Gasteiger partial charge in [-0.1, -0.05) is 13.8 Å². The summed E-state index contributed by atoms with van der Waals surface area (Å²) in [7, 11) is 0. The van der Waals surface area contributed by atoms with Gasteiger partial charge in [0.2, 0.25) is 0 Å². The maximum absolute atomic E-state index is 12.2. The van der Waals surface area contributed by atoms with Gasteiger partial charge in [0.15, 0.2) is 0 Å². The van der Waals surface area contributed by atoms with E-state index in [1.54, 1.807) is 0 Å². The van der Waals surface area contributed by atoms with Crippen molar-refractivity contribution in [2.45, 2.75) is 83.0 Å². The van der Waals surface area contributed by atoms with Crippen LogP contribution in [0.1, 0.15) is 65.2 Å². The van der Waals surface area contributed by atoms with Gasteiger partial charge >= 0.3 is 5.97 Å². The highest BCUT2D eigenvalue weighted by atomic mass is 16.6. The van der Waals surface area contributed by atoms with Gasteiger partial charge in [-0.3, -0.25) is 4.79 Å². The van der Waals surface area contributed by atoms with Gasteiger partial charge in [-0.2, -0.15) is 0 Å². The monoisotopic (exact) mass is 266 g/mol. The normalized spacial score (nSPS) is 37.5. The Morgan fingerprint density at radius 1 is 1.37 bits per heavy atom. The minimum Gasteiger partial charge on any atom is -0.458 e. The average molecular weight is 266 g/mol. The van der Waals surface area contributed by atoms with E-state index in [9.17, 15) is 4.79 Å². The zero-order chi connectivity index (χ0) is 13.5. The van der Waals surface area contributed by atoms with Crippen LogP contribution in [0, 0.1) is 11.8 Å². The third kappa shape index (κ3) is 2.31. The summed E-state index contributed by atoms with van der Waals surface area (Å²) >= 11 is 0. The molecule has 1 aliphatic carbocycles. The lowest BCUT2D eigenvalue weighted by Gasteiger charge is -2.38. The van der Waals surface area contributed by atoms with E-state index in [1.165, 1.54) is 19.3 Å². The third-order valence-electron chi connectivity index (χ3n) is 5.55. The molecule has 3 nitrogen and oxygen atoms in total. The Bertz CT molecular complexity index is 346. The van der Waals surface area contributed by atoms with Gasteiger partial charge in [-0.05, 0) is 51.4 Å². The molecule has 108 valence electrons. The van der Waals surface area contributed by atoms with E-state index < -0.39 is 0 Å². The first kappa shape index (κ1) is 13.4. The van der Waals surface area contributed by atoms with E-state index in [0.29, 0.717) is 18.1 Å². The van der Waals surface area contributed by atoms with Crippen molar-refractivity contribution in [1.82, 2.24) is 0 Å². The molecule has 0 amide bonds. The molecule has 3 fully saturated rings. The van der Waals surface area contributed by atoms with Crippen LogP contribution in [0.3, 0.4) is 0 Å². The summed E-state index contributed by atoms with van der Waals surface area (Å²) in [5.41, 5.74) is -0.194. The number of ether oxygens (including phenoxy) is 2. The molecule has 1 saturated carbocycles. The minimum atomic E-state index is -0.194. The zero-order valence-electron chi connectivity index (χ0n) is 12.2. The molecule has 0 N–H and O–H groups in total. The molecule has 0 radical (unpaired) electrons. The molecule has 4 unspecified atom stereocenters. The van der Waals surface area contributed by atoms with Crippen LogP contribution in [0.2, 0.25) is 0 Å². The first-order chi connectivity index (χ1) is 9.14. The largest absolute Gasteiger partial charge is 0.458 e. The Morgan fingerprint density at radius 3 is 2.63 bits per heavy atom. The Labute approximate surface area is 116 Å². The highest BCUT2D eigenvalue weighted by molar-refractivity contribution is 5.72. The summed E-state index contributed by atoms with van der Waals surface area (Å²) in [5.74, 6) is 0.492. The number of carbonyl (C=O) groups excluding carboxylic acids is 1. The maximum atomic E-state index is 12.2. The number of fused-ring (bicyclic) bond motifs is 2. The summed E-state index contributed by atoms with van der Waals surface area (Å²) in [6.07, 6.45) is 9.62. The molecule has 0 aromatic carbocycles. The van der Waals surface area contributed by atoms with Gasteiger partial charge in [-0.25, -0.2) is 0 Å². The van der Waals surface area contributed by atoms with Crippen molar-refractivity contribution in [3.8, 4) is 0 Å². The predicted molar refractivity (Wildman–Crippen MR) is 72.7 cm³/mol. The molecule has 2 aliphatic heterocycles. The number of hydrogen-bond donors (Lipinski definition) is 0. The summed E-state index contributed by atoms with van der Waals surface area (Å²) in [4.78, 5) is 12.2. The molecule has 19 heavy (non-hydrogen) atoms. The summed E-state index contributed by atoms with van der Waals surface area (Å²) in [6.45, 7) is 4.02. The highest BCUT2D eigenvalue weighted by Crippen LogP contribution is 2.51. The molecule has 2 saturated heterocycles. The number of hydrogen-bond acceptors (Lipinski definition) is 3. The van der Waals surface area contributed by atoms with Crippen LogP contribution < -0.4 is 0 Å². The average Bonchev–Trinajstić information content (AvgIpc) is 3.13. The number of carbonyl (C=O) groups is 1. The van der Waals surface area contributed by atoms with Crippen molar-refractivity contribution < 1.29 is 14.3 Å². The van der Waals surface area contributed by atoms with E-state index in [1.807, 2.05) is 13.8 Å². The Kier molecular flexibility index (Phi) is 3.59. The molecule has 3 heteroatoms. The van der Waals surface area contributed by atoms with E-state index in [0.717, 1.165) is 32.1 Å². The van der Waals surface area contributed by atoms with Crippen LogP contribution in [-0.4, -0.2) is 23.8 Å². The number of esters is 1. The van der Waals surface area contributed by atoms with Gasteiger partial charge in [0.1, 0.15) is 5.60 Å². The fourth-order valence-corrected chi connectivity index (χ4v) is 4.18. The fourth-order valence-electron chi connectivity index (χ4n) is 4.18. The fraction of sp³-hybridized carbons (Fsp3) is 0.938. The smallest absolute Gasteiger partial charge is 0.309 e. The van der Waals surface area contributed by atoms with Crippen molar-refractivity contribution in [2.24, 2.45) is 11.8 Å². The van der Waals surface area contributed by atoms with Crippen LogP contribution in [0.5, 0.6) is 0 Å². The summed E-state index contributed by atoms with van der Waals surface area (Å²) in [6, 6.07) is 0. The van der Waals surface area contributed by atoms with Gasteiger partial charge in [-0.15, -0.1) is 0 Å². The second-order valence-corrected chi connectivity index (χ2v) is 6.72. The van der Waals surface area contributed by atoms with Crippen LogP contribution in [0.4, 0.5) is 0 Å². The lowest BCUT2D eigenvalue weighted by molar-refractivity contribution is -0.172. The molecule has 2 heterocycles. The van der Waals surface area contributed by atoms with Crippen molar-refractivity contribution in [3.05, 3.63) is 0 Å². The Balaban J connectivity index is 1.74. The van der Waals surface area contributed by atoms with Crippen LogP contribution in [0.15, 0.2) is 0 Å². The van der Waals surface area contributed by atoms with Crippen LogP contribution in [0.25, 0.3) is 0 Å². The zero-order valence-corrected chi connectivity index (χ0v) is 12.2. The SMILES string of the molecule is CCC(C)C(=O)OC1(C2CC3CCC2O3)CCCC1. The lowest BCUT2D eigenvalue weighted by atomic mass is 9.75. The van der Waals surface area contributed by atoms with Gasteiger partial charge in [0.25, 0.3) is 0 Å². The first-order valence-corrected chi connectivity index (χ1v) is 8.03. The van der Waals surface area contributed by atoms with Gasteiger partial charge in [0, 0.05) is 5.92 Å². The van der Waals surface area contributed by atoms with Crippen molar-refractivity contribution in [1.29, 1.82) is 0 Å². The Morgan fingerprint density at radius 2 is 2.11 bits per heavy atom. The second kappa shape index (κ2) is 5.08. The van der Waals surface area contributed by atoms with Crippen LogP contribution in [-0.2, 0) is 14.3 Å². The molecule has 2 bridgehead atoms. The molecular formula is C16H26O3. The van der Waals surface area contributed by atoms with Crippen molar-refractivity contribution in [2.75, 3.05) is 0 Å². The van der Waals surface area contributed by atoms with Gasteiger partial charge in [0.05, 0.1) is 18.1 Å². The first-order valence-electron chi connectivity index (χ1n) is 8.03. The standard InChI is InChI=1S/C16H26O3/c1-3-11(2)15(17)19-16(8-4-5-9-16)13-10-12-6-7-14(13)18-12/h11-14H,3-10H2,1-2H3. The summed E-state index contributed by atoms with van der Waals surface area (Å²) in [5, 5.41) is 0. The van der Waals surface area contributed by atoms with E-state index in [-0.39, 0.29) is 17.5 Å². The molecule has 4 atom stereocenters. The van der Waals surface area contributed by atoms with Crippen molar-refractivity contribution >= 4 is 5.97 Å². The Hall–Kier alpha value is -0.570. The molecule has 0 aromatic heterocycles. The second-order valence-electron chi connectivity index (χ2n) is 6.72. The van der Waals surface area contributed by atoms with Crippen molar-refractivity contribution in [3.63, 3.8) is 0 Å². The molecule has 0 spiro atoms. The third-order valence-corrected chi connectivity index (χ3v) is 5.55. The minimum absolute atomic E-state index is 0.00664. The van der Waals surface area contributed by atoms with Gasteiger partial charge < -0.3 is 9.47 Å². The quantitative estimate of drug-likeness (QED) is 0.731. The maximum Gasteiger partial charge on any atom is 0.309 e. The molecular weight excluding hydrogens is 240 g/mol. The highest BCUT2D eigenvalue weighted by Gasteiger charge is 2.54.